The van der Waals surface area contributed by atoms with Crippen molar-refractivity contribution in [3.05, 3.63) is 52.2 Å². The van der Waals surface area contributed by atoms with E-state index in [-0.39, 0.29) is 0 Å². The van der Waals surface area contributed by atoms with Crippen LogP contribution >= 0.6 is 11.3 Å². The third-order valence-electron chi connectivity index (χ3n) is 3.10. The predicted octanol–water partition coefficient (Wildman–Crippen LogP) is 4.04. The van der Waals surface area contributed by atoms with Gasteiger partial charge in [-0.25, -0.2) is 0 Å². The second kappa shape index (κ2) is 7.31. The van der Waals surface area contributed by atoms with Crippen molar-refractivity contribution in [2.24, 2.45) is 0 Å². The Morgan fingerprint density at radius 1 is 1.26 bits per heavy atom. The van der Waals surface area contributed by atoms with Gasteiger partial charge in [-0.05, 0) is 31.0 Å². The molecule has 1 aromatic heterocycles. The van der Waals surface area contributed by atoms with Gasteiger partial charge in [-0.2, -0.15) is 0 Å². The van der Waals surface area contributed by atoms with Gasteiger partial charge in [0.05, 0.1) is 7.11 Å². The van der Waals surface area contributed by atoms with E-state index in [0.717, 1.165) is 25.1 Å². The van der Waals surface area contributed by atoms with E-state index >= 15 is 0 Å². The summed E-state index contributed by atoms with van der Waals surface area (Å²) in [5.41, 5.74) is 1.36. The molecule has 102 valence electrons. The molecule has 2 rings (SSSR count). The van der Waals surface area contributed by atoms with Gasteiger partial charge in [-0.3, -0.25) is 0 Å². The minimum atomic E-state index is 0.372. The molecule has 0 amide bonds. The number of nitrogens with one attached hydrogen (secondary N) is 1. The van der Waals surface area contributed by atoms with Crippen molar-refractivity contribution in [2.75, 3.05) is 13.7 Å². The first kappa shape index (κ1) is 14.1. The highest BCUT2D eigenvalue weighted by atomic mass is 32.1. The number of methoxy groups -OCH3 is 1. The number of ether oxygens (including phenoxy) is 1. The fourth-order valence-electron chi connectivity index (χ4n) is 2.07. The van der Waals surface area contributed by atoms with Crippen LogP contribution in [0.25, 0.3) is 0 Å². The van der Waals surface area contributed by atoms with Gasteiger partial charge < -0.3 is 10.1 Å². The van der Waals surface area contributed by atoms with Crippen LogP contribution in [0.3, 0.4) is 0 Å². The Labute approximate surface area is 119 Å². The molecule has 2 aromatic rings. The molecule has 1 unspecified atom stereocenters. The summed E-state index contributed by atoms with van der Waals surface area (Å²) in [6.45, 7) is 3.24. The topological polar surface area (TPSA) is 21.3 Å². The van der Waals surface area contributed by atoms with Crippen LogP contribution < -0.4 is 10.1 Å². The standard InChI is InChI=1S/C16H21NOS/c1-3-9-17-15(10-13-7-5-4-6-8-13)16-11-14(18-2)12-19-16/h4-8,11-12,15,17H,3,9-10H2,1-2H3. The zero-order valence-electron chi connectivity index (χ0n) is 11.6. The number of rotatable bonds is 7. The Kier molecular flexibility index (Phi) is 5.43. The maximum absolute atomic E-state index is 5.28. The maximum atomic E-state index is 5.28. The van der Waals surface area contributed by atoms with Crippen LogP contribution in [0.2, 0.25) is 0 Å². The normalized spacial score (nSPS) is 12.3. The minimum Gasteiger partial charge on any atom is -0.496 e. The minimum absolute atomic E-state index is 0.372. The molecule has 1 atom stereocenters. The Morgan fingerprint density at radius 2 is 2.05 bits per heavy atom. The lowest BCUT2D eigenvalue weighted by Gasteiger charge is -2.17. The number of hydrogen-bond donors (Lipinski definition) is 1. The molecule has 0 saturated heterocycles. The summed E-state index contributed by atoms with van der Waals surface area (Å²) in [6.07, 6.45) is 2.16. The van der Waals surface area contributed by atoms with Gasteiger partial charge in [0.25, 0.3) is 0 Å². The lowest BCUT2D eigenvalue weighted by atomic mass is 10.0. The third-order valence-corrected chi connectivity index (χ3v) is 4.12. The quantitative estimate of drug-likeness (QED) is 0.823. The first-order chi connectivity index (χ1) is 9.33. The van der Waals surface area contributed by atoms with E-state index in [1.54, 1.807) is 18.4 Å². The first-order valence-corrected chi connectivity index (χ1v) is 7.61. The Bertz CT molecular complexity index is 481. The molecule has 3 heteroatoms. The molecular weight excluding hydrogens is 254 g/mol. The molecule has 0 bridgehead atoms. The molecule has 0 aliphatic heterocycles. The van der Waals surface area contributed by atoms with E-state index in [1.165, 1.54) is 10.4 Å². The summed E-state index contributed by atoms with van der Waals surface area (Å²) >= 11 is 1.76. The van der Waals surface area contributed by atoms with Crippen molar-refractivity contribution in [1.29, 1.82) is 0 Å². The van der Waals surface area contributed by atoms with Gasteiger partial charge in [-0.1, -0.05) is 37.3 Å². The van der Waals surface area contributed by atoms with E-state index < -0.39 is 0 Å². The second-order valence-corrected chi connectivity index (χ2v) is 5.53. The van der Waals surface area contributed by atoms with Gasteiger partial charge >= 0.3 is 0 Å². The molecule has 1 aromatic carbocycles. The van der Waals surface area contributed by atoms with Crippen molar-refractivity contribution in [1.82, 2.24) is 5.32 Å². The van der Waals surface area contributed by atoms with Crippen molar-refractivity contribution in [3.63, 3.8) is 0 Å². The van der Waals surface area contributed by atoms with Gasteiger partial charge in [0.1, 0.15) is 5.75 Å². The van der Waals surface area contributed by atoms with E-state index in [9.17, 15) is 0 Å². The zero-order valence-corrected chi connectivity index (χ0v) is 12.4. The highest BCUT2D eigenvalue weighted by Crippen LogP contribution is 2.29. The summed E-state index contributed by atoms with van der Waals surface area (Å²) < 4.78 is 5.28. The molecule has 0 saturated carbocycles. The summed E-state index contributed by atoms with van der Waals surface area (Å²) in [6, 6.07) is 13.1. The molecule has 2 nitrogen and oxygen atoms in total. The molecular formula is C16H21NOS. The Hall–Kier alpha value is -1.32. The summed E-state index contributed by atoms with van der Waals surface area (Å²) in [5.74, 6) is 0.955. The highest BCUT2D eigenvalue weighted by Gasteiger charge is 2.14. The van der Waals surface area contributed by atoms with Crippen LogP contribution in [0.1, 0.15) is 29.8 Å². The Morgan fingerprint density at radius 3 is 2.68 bits per heavy atom. The van der Waals surface area contributed by atoms with Gasteiger partial charge in [0.15, 0.2) is 0 Å². The summed E-state index contributed by atoms with van der Waals surface area (Å²) in [4.78, 5) is 1.34. The van der Waals surface area contributed by atoms with Crippen molar-refractivity contribution >= 4 is 11.3 Å². The van der Waals surface area contributed by atoms with Crippen LogP contribution in [0.15, 0.2) is 41.8 Å². The number of hydrogen-bond acceptors (Lipinski definition) is 3. The average molecular weight is 275 g/mol. The Balaban J connectivity index is 2.11. The number of thiophene rings is 1. The van der Waals surface area contributed by atoms with Crippen LogP contribution in [-0.4, -0.2) is 13.7 Å². The van der Waals surface area contributed by atoms with E-state index in [1.807, 2.05) is 0 Å². The van der Waals surface area contributed by atoms with Crippen LogP contribution in [-0.2, 0) is 6.42 Å². The van der Waals surface area contributed by atoms with Crippen LogP contribution in [0.5, 0.6) is 5.75 Å². The monoisotopic (exact) mass is 275 g/mol. The molecule has 1 N–H and O–H groups in total. The largest absolute Gasteiger partial charge is 0.496 e. The van der Waals surface area contributed by atoms with Crippen molar-refractivity contribution in [2.45, 2.75) is 25.8 Å². The van der Waals surface area contributed by atoms with Crippen LogP contribution in [0, 0.1) is 0 Å². The van der Waals surface area contributed by atoms with Gasteiger partial charge in [0.2, 0.25) is 0 Å². The van der Waals surface area contributed by atoms with Gasteiger partial charge in [-0.15, -0.1) is 11.3 Å². The maximum Gasteiger partial charge on any atom is 0.129 e. The molecule has 0 spiro atoms. The van der Waals surface area contributed by atoms with Crippen molar-refractivity contribution in [3.8, 4) is 5.75 Å². The first-order valence-electron chi connectivity index (χ1n) is 6.73. The average Bonchev–Trinajstić information content (AvgIpc) is 2.93. The lowest BCUT2D eigenvalue weighted by Crippen LogP contribution is -2.23. The SMILES string of the molecule is CCCNC(Cc1ccccc1)c1cc(OC)cs1. The molecule has 0 radical (unpaired) electrons. The summed E-state index contributed by atoms with van der Waals surface area (Å²) in [7, 11) is 1.72. The smallest absolute Gasteiger partial charge is 0.129 e. The van der Waals surface area contributed by atoms with E-state index in [2.05, 4.69) is 54.0 Å². The molecule has 0 aliphatic rings. The predicted molar refractivity (Wildman–Crippen MR) is 82.1 cm³/mol. The fourth-order valence-corrected chi connectivity index (χ4v) is 3.00. The highest BCUT2D eigenvalue weighted by molar-refractivity contribution is 7.10. The fraction of sp³-hybridized carbons (Fsp3) is 0.375. The molecule has 0 aliphatic carbocycles. The second-order valence-electron chi connectivity index (χ2n) is 4.59. The lowest BCUT2D eigenvalue weighted by molar-refractivity contribution is 0.415. The molecule has 1 heterocycles. The van der Waals surface area contributed by atoms with Gasteiger partial charge in [0, 0.05) is 16.3 Å². The zero-order chi connectivity index (χ0) is 13.5. The van der Waals surface area contributed by atoms with E-state index in [4.69, 9.17) is 4.74 Å². The van der Waals surface area contributed by atoms with Crippen LogP contribution in [0.4, 0.5) is 0 Å². The molecule has 19 heavy (non-hydrogen) atoms. The third kappa shape index (κ3) is 4.08. The summed E-state index contributed by atoms with van der Waals surface area (Å²) in [5, 5.41) is 5.70. The van der Waals surface area contributed by atoms with Crippen molar-refractivity contribution < 1.29 is 4.74 Å². The molecule has 0 fully saturated rings. The number of benzene rings is 1. The van der Waals surface area contributed by atoms with E-state index in [0.29, 0.717) is 6.04 Å².